The summed E-state index contributed by atoms with van der Waals surface area (Å²) in [7, 11) is -3.58. The minimum absolute atomic E-state index is 0.213. The van der Waals surface area contributed by atoms with Gasteiger partial charge in [-0.3, -0.25) is 0 Å². The van der Waals surface area contributed by atoms with Gasteiger partial charge in [0.2, 0.25) is 0 Å². The lowest BCUT2D eigenvalue weighted by atomic mass is 10.2. The first-order valence-corrected chi connectivity index (χ1v) is 10.4. The van der Waals surface area contributed by atoms with E-state index in [0.717, 1.165) is 24.7 Å². The molecule has 146 valence electrons. The van der Waals surface area contributed by atoms with Gasteiger partial charge < -0.3 is 14.4 Å². The van der Waals surface area contributed by atoms with E-state index in [1.807, 2.05) is 6.92 Å². The van der Waals surface area contributed by atoms with E-state index >= 15 is 0 Å². The number of carbonyl (C=O) groups is 1. The molecule has 0 aromatic heterocycles. The number of nitrogens with zero attached hydrogens (tertiary/aromatic N) is 1. The minimum Gasteiger partial charge on any atom is -0.383 e. The van der Waals surface area contributed by atoms with E-state index in [4.69, 9.17) is 4.18 Å². The first kappa shape index (κ1) is 20.7. The van der Waals surface area contributed by atoms with Crippen LogP contribution in [0.2, 0.25) is 0 Å². The zero-order valence-corrected chi connectivity index (χ0v) is 16.1. The Morgan fingerprint density at radius 2 is 1.89 bits per heavy atom. The number of unbranched alkanes of at least 4 members (excludes halogenated alkanes) is 1. The molecule has 2 aromatic carbocycles. The molecule has 0 bridgehead atoms. The molecule has 1 N–H and O–H groups in total. The Balaban J connectivity index is 2.07. The van der Waals surface area contributed by atoms with Crippen LogP contribution in [0.3, 0.4) is 0 Å². The number of amides is 2. The third kappa shape index (κ3) is 7.26. The van der Waals surface area contributed by atoms with Crippen LogP contribution in [0.4, 0.5) is 14.9 Å². The number of halogens is 1. The SMILES string of the molecule is CCCCN(Cc1ccc(OS(C)(=O)=O)cc1)C(=O)Nc1cccc(F)c1. The number of hydrogen-bond donors (Lipinski definition) is 1. The Kier molecular flexibility index (Phi) is 7.18. The Morgan fingerprint density at radius 1 is 1.19 bits per heavy atom. The molecule has 0 heterocycles. The second-order valence-corrected chi connectivity index (χ2v) is 7.72. The maximum atomic E-state index is 13.3. The highest BCUT2D eigenvalue weighted by atomic mass is 32.2. The van der Waals surface area contributed by atoms with Gasteiger partial charge in [0.05, 0.1) is 6.26 Å². The number of rotatable bonds is 8. The largest absolute Gasteiger partial charge is 0.383 e. The van der Waals surface area contributed by atoms with Crippen molar-refractivity contribution in [1.82, 2.24) is 4.90 Å². The van der Waals surface area contributed by atoms with Crippen LogP contribution in [-0.2, 0) is 16.7 Å². The van der Waals surface area contributed by atoms with Gasteiger partial charge in [0.1, 0.15) is 11.6 Å². The number of nitrogens with one attached hydrogen (secondary N) is 1. The molecule has 2 aromatic rings. The predicted molar refractivity (Wildman–Crippen MR) is 103 cm³/mol. The minimum atomic E-state index is -3.58. The van der Waals surface area contributed by atoms with Crippen LogP contribution >= 0.6 is 0 Å². The fourth-order valence-electron chi connectivity index (χ4n) is 2.42. The Hall–Kier alpha value is -2.61. The molecule has 2 rings (SSSR count). The molecule has 0 aliphatic carbocycles. The molecule has 0 unspecified atom stereocenters. The number of carbonyl (C=O) groups excluding carboxylic acids is 1. The van der Waals surface area contributed by atoms with Crippen molar-refractivity contribution in [2.45, 2.75) is 26.3 Å². The lowest BCUT2D eigenvalue weighted by molar-refractivity contribution is 0.208. The smallest absolute Gasteiger partial charge is 0.322 e. The molecule has 0 spiro atoms. The van der Waals surface area contributed by atoms with E-state index in [2.05, 4.69) is 5.32 Å². The van der Waals surface area contributed by atoms with Crippen LogP contribution < -0.4 is 9.50 Å². The van der Waals surface area contributed by atoms with Crippen molar-refractivity contribution in [3.63, 3.8) is 0 Å². The molecule has 27 heavy (non-hydrogen) atoms. The van der Waals surface area contributed by atoms with E-state index in [0.29, 0.717) is 18.8 Å². The van der Waals surface area contributed by atoms with E-state index in [1.165, 1.54) is 18.2 Å². The molecule has 0 aliphatic heterocycles. The van der Waals surface area contributed by atoms with Crippen molar-refractivity contribution in [3.8, 4) is 5.75 Å². The summed E-state index contributed by atoms with van der Waals surface area (Å²) >= 11 is 0. The second kappa shape index (κ2) is 9.36. The summed E-state index contributed by atoms with van der Waals surface area (Å²) in [5, 5.41) is 2.70. The van der Waals surface area contributed by atoms with Crippen molar-refractivity contribution in [3.05, 3.63) is 59.9 Å². The predicted octanol–water partition coefficient (Wildman–Crippen LogP) is 4.00. The zero-order valence-electron chi connectivity index (χ0n) is 15.3. The topological polar surface area (TPSA) is 75.7 Å². The Morgan fingerprint density at radius 3 is 2.48 bits per heavy atom. The Bertz CT molecular complexity index is 870. The van der Waals surface area contributed by atoms with Gasteiger partial charge in [-0.05, 0) is 42.3 Å². The maximum absolute atomic E-state index is 13.3. The van der Waals surface area contributed by atoms with Gasteiger partial charge in [0.15, 0.2) is 0 Å². The third-order valence-electron chi connectivity index (χ3n) is 3.69. The summed E-state index contributed by atoms with van der Waals surface area (Å²) in [5.74, 6) is -0.208. The normalized spacial score (nSPS) is 11.1. The van der Waals surface area contributed by atoms with E-state index in [-0.39, 0.29) is 11.8 Å². The van der Waals surface area contributed by atoms with Crippen molar-refractivity contribution >= 4 is 21.8 Å². The molecule has 0 saturated heterocycles. The molecule has 0 aliphatic rings. The summed E-state index contributed by atoms with van der Waals surface area (Å²) in [6.45, 7) is 2.90. The average molecular weight is 394 g/mol. The quantitative estimate of drug-likeness (QED) is 0.687. The van der Waals surface area contributed by atoms with Crippen LogP contribution in [0, 0.1) is 5.82 Å². The molecule has 8 heteroatoms. The summed E-state index contributed by atoms with van der Waals surface area (Å²) < 4.78 is 40.4. The number of anilines is 1. The molecule has 6 nitrogen and oxygen atoms in total. The monoisotopic (exact) mass is 394 g/mol. The molecule has 2 amide bonds. The highest BCUT2D eigenvalue weighted by Crippen LogP contribution is 2.17. The Labute approximate surface area is 159 Å². The fraction of sp³-hybridized carbons (Fsp3) is 0.316. The van der Waals surface area contributed by atoms with Gasteiger partial charge in [-0.15, -0.1) is 0 Å². The van der Waals surface area contributed by atoms with Gasteiger partial charge in [-0.25, -0.2) is 9.18 Å². The van der Waals surface area contributed by atoms with Crippen LogP contribution in [0.1, 0.15) is 25.3 Å². The number of urea groups is 1. The van der Waals surface area contributed by atoms with Crippen LogP contribution in [0.5, 0.6) is 5.75 Å². The number of benzene rings is 2. The van der Waals surface area contributed by atoms with Crippen molar-refractivity contribution < 1.29 is 21.8 Å². The van der Waals surface area contributed by atoms with Crippen molar-refractivity contribution in [2.75, 3.05) is 18.1 Å². The lowest BCUT2D eigenvalue weighted by Gasteiger charge is -2.23. The first-order valence-electron chi connectivity index (χ1n) is 8.56. The summed E-state index contributed by atoms with van der Waals surface area (Å²) in [6.07, 6.45) is 2.72. The van der Waals surface area contributed by atoms with Crippen molar-refractivity contribution in [2.24, 2.45) is 0 Å². The molecule has 0 fully saturated rings. The van der Waals surface area contributed by atoms with Crippen LogP contribution in [-0.4, -0.2) is 32.1 Å². The summed E-state index contributed by atoms with van der Waals surface area (Å²) in [4.78, 5) is 14.2. The standard InChI is InChI=1S/C19H23FN2O4S/c1-3-4-12-22(19(23)21-17-7-5-6-16(20)13-17)14-15-8-10-18(11-9-15)26-27(2,24)25/h5-11,13H,3-4,12,14H2,1-2H3,(H,21,23). The molecule has 0 atom stereocenters. The van der Waals surface area contributed by atoms with Gasteiger partial charge in [-0.2, -0.15) is 8.42 Å². The van der Waals surface area contributed by atoms with E-state index in [9.17, 15) is 17.6 Å². The average Bonchev–Trinajstić information content (AvgIpc) is 2.58. The first-order chi connectivity index (χ1) is 12.8. The molecular weight excluding hydrogens is 371 g/mol. The highest BCUT2D eigenvalue weighted by Gasteiger charge is 2.14. The van der Waals surface area contributed by atoms with Gasteiger partial charge in [0.25, 0.3) is 0 Å². The van der Waals surface area contributed by atoms with Crippen molar-refractivity contribution in [1.29, 1.82) is 0 Å². The third-order valence-corrected chi connectivity index (χ3v) is 4.18. The van der Waals surface area contributed by atoms with E-state index in [1.54, 1.807) is 35.2 Å². The summed E-state index contributed by atoms with van der Waals surface area (Å²) in [5.41, 5.74) is 1.21. The lowest BCUT2D eigenvalue weighted by Crippen LogP contribution is -2.35. The zero-order chi connectivity index (χ0) is 19.9. The number of hydrogen-bond acceptors (Lipinski definition) is 4. The second-order valence-electron chi connectivity index (χ2n) is 6.15. The fourth-order valence-corrected chi connectivity index (χ4v) is 2.88. The highest BCUT2D eigenvalue weighted by molar-refractivity contribution is 7.86. The molecule has 0 saturated carbocycles. The van der Waals surface area contributed by atoms with Crippen LogP contribution in [0.25, 0.3) is 0 Å². The van der Waals surface area contributed by atoms with Gasteiger partial charge >= 0.3 is 16.1 Å². The van der Waals surface area contributed by atoms with E-state index < -0.39 is 15.9 Å². The molecule has 0 radical (unpaired) electrons. The van der Waals surface area contributed by atoms with Gasteiger partial charge in [0, 0.05) is 18.8 Å². The summed E-state index contributed by atoms with van der Waals surface area (Å²) in [6, 6.07) is 11.9. The molecular formula is C19H23FN2O4S. The van der Waals surface area contributed by atoms with Crippen LogP contribution in [0.15, 0.2) is 48.5 Å². The van der Waals surface area contributed by atoms with Gasteiger partial charge in [-0.1, -0.05) is 31.5 Å². The maximum Gasteiger partial charge on any atom is 0.322 e.